The number of sulfone groups is 1. The SMILES string of the molecule is COc1cc(CN(C)C2CCS(=O)(=O)C2)ccc1C(N)=S. The third kappa shape index (κ3) is 3.93. The first kappa shape index (κ1) is 16.2. The Morgan fingerprint density at radius 2 is 2.24 bits per heavy atom. The number of rotatable bonds is 5. The van der Waals surface area contributed by atoms with Gasteiger partial charge in [-0.2, -0.15) is 0 Å². The van der Waals surface area contributed by atoms with Crippen LogP contribution in [-0.2, 0) is 16.4 Å². The van der Waals surface area contributed by atoms with E-state index in [4.69, 9.17) is 22.7 Å². The second-order valence-corrected chi connectivity index (χ2v) is 8.04. The molecular weight excluding hydrogens is 308 g/mol. The van der Waals surface area contributed by atoms with Crippen molar-refractivity contribution in [2.75, 3.05) is 25.7 Å². The average molecular weight is 328 g/mol. The molecule has 0 aliphatic carbocycles. The Kier molecular flexibility index (Phi) is 4.85. The van der Waals surface area contributed by atoms with Crippen molar-refractivity contribution in [3.63, 3.8) is 0 Å². The zero-order valence-electron chi connectivity index (χ0n) is 12.2. The first-order valence-electron chi connectivity index (χ1n) is 6.70. The molecule has 1 aromatic rings. The van der Waals surface area contributed by atoms with E-state index in [0.29, 0.717) is 29.3 Å². The summed E-state index contributed by atoms with van der Waals surface area (Å²) in [4.78, 5) is 2.37. The highest BCUT2D eigenvalue weighted by atomic mass is 32.2. The summed E-state index contributed by atoms with van der Waals surface area (Å²) >= 11 is 4.98. The molecule has 0 amide bonds. The Hall–Kier alpha value is -1.18. The molecule has 1 aliphatic heterocycles. The van der Waals surface area contributed by atoms with Gasteiger partial charge in [-0.25, -0.2) is 8.42 Å². The molecule has 1 aromatic carbocycles. The normalized spacial score (nSPS) is 20.6. The van der Waals surface area contributed by atoms with E-state index < -0.39 is 9.84 Å². The smallest absolute Gasteiger partial charge is 0.151 e. The van der Waals surface area contributed by atoms with Gasteiger partial charge < -0.3 is 10.5 Å². The van der Waals surface area contributed by atoms with Crippen molar-refractivity contribution in [2.45, 2.75) is 19.0 Å². The van der Waals surface area contributed by atoms with Crippen LogP contribution in [0.1, 0.15) is 17.5 Å². The predicted molar refractivity (Wildman–Crippen MR) is 87.4 cm³/mol. The second-order valence-electron chi connectivity index (χ2n) is 5.37. The van der Waals surface area contributed by atoms with Crippen molar-refractivity contribution in [2.24, 2.45) is 5.73 Å². The molecule has 21 heavy (non-hydrogen) atoms. The second kappa shape index (κ2) is 6.29. The van der Waals surface area contributed by atoms with Crippen LogP contribution >= 0.6 is 12.2 Å². The topological polar surface area (TPSA) is 72.6 Å². The van der Waals surface area contributed by atoms with E-state index in [1.54, 1.807) is 7.11 Å². The van der Waals surface area contributed by atoms with E-state index in [9.17, 15) is 8.42 Å². The van der Waals surface area contributed by atoms with E-state index in [1.807, 2.05) is 25.2 Å². The van der Waals surface area contributed by atoms with Crippen molar-refractivity contribution < 1.29 is 13.2 Å². The van der Waals surface area contributed by atoms with E-state index in [2.05, 4.69) is 4.90 Å². The zero-order chi connectivity index (χ0) is 15.6. The van der Waals surface area contributed by atoms with Crippen molar-refractivity contribution in [1.82, 2.24) is 4.90 Å². The van der Waals surface area contributed by atoms with Gasteiger partial charge in [0.1, 0.15) is 10.7 Å². The predicted octanol–water partition coefficient (Wildman–Crippen LogP) is 0.948. The molecule has 1 unspecified atom stereocenters. The van der Waals surface area contributed by atoms with Crippen LogP contribution in [0.4, 0.5) is 0 Å². The fourth-order valence-electron chi connectivity index (χ4n) is 2.58. The van der Waals surface area contributed by atoms with E-state index in [0.717, 1.165) is 5.56 Å². The monoisotopic (exact) mass is 328 g/mol. The van der Waals surface area contributed by atoms with E-state index >= 15 is 0 Å². The number of methoxy groups -OCH3 is 1. The highest BCUT2D eigenvalue weighted by molar-refractivity contribution is 7.91. The summed E-state index contributed by atoms with van der Waals surface area (Å²) in [6, 6.07) is 5.76. The molecule has 0 spiro atoms. The lowest BCUT2D eigenvalue weighted by molar-refractivity contribution is 0.253. The number of benzene rings is 1. The maximum absolute atomic E-state index is 11.5. The summed E-state index contributed by atoms with van der Waals surface area (Å²) in [5.74, 6) is 1.17. The molecule has 0 radical (unpaired) electrons. The fraction of sp³-hybridized carbons (Fsp3) is 0.500. The summed E-state index contributed by atoms with van der Waals surface area (Å²) in [5, 5.41) is 0. The summed E-state index contributed by atoms with van der Waals surface area (Å²) in [6.07, 6.45) is 0.695. The van der Waals surface area contributed by atoms with Crippen LogP contribution in [-0.4, -0.2) is 50.0 Å². The third-order valence-corrected chi connectivity index (χ3v) is 5.77. The highest BCUT2D eigenvalue weighted by Gasteiger charge is 2.30. The fourth-order valence-corrected chi connectivity index (χ4v) is 4.55. The Labute approximate surface area is 131 Å². The van der Waals surface area contributed by atoms with Crippen molar-refractivity contribution in [3.05, 3.63) is 29.3 Å². The third-order valence-electron chi connectivity index (χ3n) is 3.80. The first-order valence-corrected chi connectivity index (χ1v) is 8.93. The lowest BCUT2D eigenvalue weighted by atomic mass is 10.1. The molecule has 2 N–H and O–H groups in total. The quantitative estimate of drug-likeness (QED) is 0.811. The molecule has 1 aliphatic rings. The Morgan fingerprint density at radius 1 is 1.52 bits per heavy atom. The lowest BCUT2D eigenvalue weighted by Crippen LogP contribution is -2.32. The molecule has 1 fully saturated rings. The molecular formula is C14H20N2O3S2. The van der Waals surface area contributed by atoms with Crippen molar-refractivity contribution in [1.29, 1.82) is 0 Å². The molecule has 0 aromatic heterocycles. The molecule has 1 heterocycles. The van der Waals surface area contributed by atoms with Crippen LogP contribution in [0.3, 0.4) is 0 Å². The Morgan fingerprint density at radius 3 is 2.76 bits per heavy atom. The van der Waals surface area contributed by atoms with E-state index in [-0.39, 0.29) is 17.5 Å². The van der Waals surface area contributed by atoms with Gasteiger partial charge in [-0.3, -0.25) is 4.90 Å². The number of nitrogens with zero attached hydrogens (tertiary/aromatic N) is 1. The number of hydrogen-bond acceptors (Lipinski definition) is 5. The van der Waals surface area contributed by atoms with Crippen LogP contribution in [0.25, 0.3) is 0 Å². The molecule has 116 valence electrons. The molecule has 1 atom stereocenters. The zero-order valence-corrected chi connectivity index (χ0v) is 13.8. The Bertz CT molecular complexity index is 644. The van der Waals surface area contributed by atoms with E-state index in [1.165, 1.54) is 0 Å². The Balaban J connectivity index is 2.11. The van der Waals surface area contributed by atoms with Gasteiger partial charge >= 0.3 is 0 Å². The summed E-state index contributed by atoms with van der Waals surface area (Å²) in [7, 11) is 0.658. The molecule has 1 saturated heterocycles. The summed E-state index contributed by atoms with van der Waals surface area (Å²) < 4.78 is 28.4. The summed E-state index contributed by atoms with van der Waals surface area (Å²) in [5.41, 5.74) is 7.40. The minimum atomic E-state index is -2.86. The van der Waals surface area contributed by atoms with Crippen LogP contribution in [0.5, 0.6) is 5.75 Å². The average Bonchev–Trinajstić information content (AvgIpc) is 2.78. The van der Waals surface area contributed by atoms with Gasteiger partial charge in [0, 0.05) is 12.6 Å². The van der Waals surface area contributed by atoms with Crippen LogP contribution in [0.15, 0.2) is 18.2 Å². The van der Waals surface area contributed by atoms with Crippen LogP contribution < -0.4 is 10.5 Å². The molecule has 5 nitrogen and oxygen atoms in total. The highest BCUT2D eigenvalue weighted by Crippen LogP contribution is 2.23. The van der Waals surface area contributed by atoms with Gasteiger partial charge in [-0.15, -0.1) is 0 Å². The minimum Gasteiger partial charge on any atom is -0.496 e. The molecule has 0 bridgehead atoms. The lowest BCUT2D eigenvalue weighted by Gasteiger charge is -2.23. The molecule has 0 saturated carbocycles. The molecule has 2 rings (SSSR count). The van der Waals surface area contributed by atoms with Gasteiger partial charge in [0.15, 0.2) is 9.84 Å². The molecule has 7 heteroatoms. The van der Waals surface area contributed by atoms with Gasteiger partial charge in [0.2, 0.25) is 0 Å². The largest absolute Gasteiger partial charge is 0.496 e. The number of nitrogens with two attached hydrogens (primary N) is 1. The number of ether oxygens (including phenoxy) is 1. The summed E-state index contributed by atoms with van der Waals surface area (Å²) in [6.45, 7) is 0.661. The maximum atomic E-state index is 11.5. The van der Waals surface area contributed by atoms with Crippen molar-refractivity contribution in [3.8, 4) is 5.75 Å². The standard InChI is InChI=1S/C14H20N2O3S2/c1-16(11-5-6-21(17,18)9-11)8-10-3-4-12(14(15)20)13(7-10)19-2/h3-4,7,11H,5-6,8-9H2,1-2H3,(H2,15,20). The van der Waals surface area contributed by atoms with Gasteiger partial charge in [0.25, 0.3) is 0 Å². The van der Waals surface area contributed by atoms with Gasteiger partial charge in [-0.05, 0) is 31.2 Å². The van der Waals surface area contributed by atoms with Crippen LogP contribution in [0, 0.1) is 0 Å². The van der Waals surface area contributed by atoms with Gasteiger partial charge in [-0.1, -0.05) is 18.3 Å². The minimum absolute atomic E-state index is 0.0799. The number of thiocarbonyl (C=S) groups is 1. The maximum Gasteiger partial charge on any atom is 0.151 e. The number of hydrogen-bond donors (Lipinski definition) is 1. The van der Waals surface area contributed by atoms with Gasteiger partial charge in [0.05, 0.1) is 24.2 Å². The van der Waals surface area contributed by atoms with Crippen LogP contribution in [0.2, 0.25) is 0 Å². The van der Waals surface area contributed by atoms with Crippen molar-refractivity contribution >= 4 is 27.0 Å². The first-order chi connectivity index (χ1) is 9.82.